The van der Waals surface area contributed by atoms with Crippen LogP contribution in [0.15, 0.2) is 24.3 Å². The van der Waals surface area contributed by atoms with E-state index in [-0.39, 0.29) is 0 Å². The maximum atomic E-state index is 5.99. The zero-order chi connectivity index (χ0) is 11.1. The molecule has 1 unspecified atom stereocenters. The molecule has 2 aromatic rings. The fourth-order valence-electron chi connectivity index (χ4n) is 2.31. The van der Waals surface area contributed by atoms with Crippen molar-refractivity contribution < 1.29 is 0 Å². The quantitative estimate of drug-likeness (QED) is 0.798. The molecule has 1 heterocycles. The van der Waals surface area contributed by atoms with Crippen LogP contribution in [0.3, 0.4) is 0 Å². The average Bonchev–Trinajstić information content (AvgIpc) is 2.56. The summed E-state index contributed by atoms with van der Waals surface area (Å²) in [5.41, 5.74) is 2.89. The molecular weight excluding hydrogens is 222 g/mol. The van der Waals surface area contributed by atoms with Gasteiger partial charge in [0.05, 0.1) is 0 Å². The summed E-state index contributed by atoms with van der Waals surface area (Å²) in [7, 11) is 0. The Hall–Kier alpha value is -1.35. The Bertz CT molecular complexity index is 513. The highest BCUT2D eigenvalue weighted by Crippen LogP contribution is 2.36. The van der Waals surface area contributed by atoms with Gasteiger partial charge in [-0.15, -0.1) is 10.2 Å². The third kappa shape index (κ3) is 1.43. The Morgan fingerprint density at radius 1 is 1.38 bits per heavy atom. The molecule has 0 N–H and O–H groups in total. The van der Waals surface area contributed by atoms with Gasteiger partial charge in [0.25, 0.3) is 0 Å². The van der Waals surface area contributed by atoms with Crippen molar-refractivity contribution in [3.05, 3.63) is 46.5 Å². The number of rotatable bonds is 2. The van der Waals surface area contributed by atoms with Gasteiger partial charge < -0.3 is 4.57 Å². The van der Waals surface area contributed by atoms with E-state index in [2.05, 4.69) is 34.5 Å². The summed E-state index contributed by atoms with van der Waals surface area (Å²) in [6.07, 6.45) is 1.13. The van der Waals surface area contributed by atoms with Crippen molar-refractivity contribution in [1.82, 2.24) is 14.8 Å². The monoisotopic (exact) mass is 233 g/mol. The first kappa shape index (κ1) is 9.85. The molecule has 0 bridgehead atoms. The van der Waals surface area contributed by atoms with Gasteiger partial charge >= 0.3 is 0 Å². The van der Waals surface area contributed by atoms with E-state index >= 15 is 0 Å². The highest BCUT2D eigenvalue weighted by atomic mass is 35.5. The molecule has 16 heavy (non-hydrogen) atoms. The number of aromatic nitrogens is 3. The summed E-state index contributed by atoms with van der Waals surface area (Å²) in [6, 6.07) is 8.56. The van der Waals surface area contributed by atoms with Gasteiger partial charge in [0.1, 0.15) is 5.82 Å². The molecule has 3 rings (SSSR count). The summed E-state index contributed by atoms with van der Waals surface area (Å²) in [5.74, 6) is 1.44. The normalized spacial score (nSPS) is 18.0. The number of aryl methyl sites for hydroxylation is 1. The molecule has 0 saturated carbocycles. The number of hydrogen-bond donors (Lipinski definition) is 0. The van der Waals surface area contributed by atoms with E-state index < -0.39 is 0 Å². The number of halogens is 1. The summed E-state index contributed by atoms with van der Waals surface area (Å²) in [5, 5.41) is 8.31. The van der Waals surface area contributed by atoms with E-state index in [0.717, 1.165) is 18.8 Å². The zero-order valence-electron chi connectivity index (χ0n) is 9.02. The van der Waals surface area contributed by atoms with Gasteiger partial charge in [0.15, 0.2) is 0 Å². The molecule has 0 radical (unpaired) electrons. The maximum absolute atomic E-state index is 5.99. The molecule has 0 saturated heterocycles. The summed E-state index contributed by atoms with van der Waals surface area (Å²) < 4.78 is 1.97. The Balaban J connectivity index is 1.84. The lowest BCUT2D eigenvalue weighted by atomic mass is 9.77. The van der Waals surface area contributed by atoms with Crippen LogP contribution >= 0.6 is 11.6 Å². The standard InChI is InChI=1S/C12H12ClN3/c1-8-14-15-12(13)16(8)7-10-6-9-4-2-3-5-11(9)10/h2-5,10H,6-7H2,1H3. The van der Waals surface area contributed by atoms with E-state index in [1.165, 1.54) is 11.1 Å². The van der Waals surface area contributed by atoms with Gasteiger partial charge in [-0.3, -0.25) is 0 Å². The van der Waals surface area contributed by atoms with Gasteiger partial charge in [-0.2, -0.15) is 0 Å². The van der Waals surface area contributed by atoms with Gasteiger partial charge in [-0.05, 0) is 36.1 Å². The van der Waals surface area contributed by atoms with E-state index in [0.29, 0.717) is 11.2 Å². The highest BCUT2D eigenvalue weighted by Gasteiger charge is 2.26. The topological polar surface area (TPSA) is 30.7 Å². The second-order valence-corrected chi connectivity index (χ2v) is 4.56. The SMILES string of the molecule is Cc1nnc(Cl)n1CC1Cc2ccccc21. The van der Waals surface area contributed by atoms with E-state index in [4.69, 9.17) is 11.6 Å². The molecule has 1 aromatic heterocycles. The summed E-state index contributed by atoms with van der Waals surface area (Å²) in [4.78, 5) is 0. The molecule has 3 nitrogen and oxygen atoms in total. The fraction of sp³-hybridized carbons (Fsp3) is 0.333. The van der Waals surface area contributed by atoms with Crippen LogP contribution in [0.25, 0.3) is 0 Å². The average molecular weight is 234 g/mol. The van der Waals surface area contributed by atoms with Crippen molar-refractivity contribution >= 4 is 11.6 Å². The number of benzene rings is 1. The summed E-state index contributed by atoms with van der Waals surface area (Å²) >= 11 is 5.99. The van der Waals surface area contributed by atoms with Crippen LogP contribution in [-0.4, -0.2) is 14.8 Å². The molecule has 0 fully saturated rings. The third-order valence-electron chi connectivity index (χ3n) is 3.25. The smallest absolute Gasteiger partial charge is 0.225 e. The lowest BCUT2D eigenvalue weighted by Crippen LogP contribution is -2.22. The maximum Gasteiger partial charge on any atom is 0.225 e. The fourth-order valence-corrected chi connectivity index (χ4v) is 2.54. The molecule has 1 aliphatic rings. The minimum atomic E-state index is 0.488. The first-order valence-corrected chi connectivity index (χ1v) is 5.76. The second kappa shape index (κ2) is 3.59. The van der Waals surface area contributed by atoms with Gasteiger partial charge in [0, 0.05) is 12.5 Å². The predicted octanol–water partition coefficient (Wildman–Crippen LogP) is 2.58. The van der Waals surface area contributed by atoms with Gasteiger partial charge in [0.2, 0.25) is 5.28 Å². The number of nitrogens with zero attached hydrogens (tertiary/aromatic N) is 3. The predicted molar refractivity (Wildman–Crippen MR) is 62.7 cm³/mol. The Kier molecular flexibility index (Phi) is 2.21. The van der Waals surface area contributed by atoms with Crippen molar-refractivity contribution in [3.8, 4) is 0 Å². The molecule has 1 aromatic carbocycles. The number of hydrogen-bond acceptors (Lipinski definition) is 2. The van der Waals surface area contributed by atoms with Crippen LogP contribution in [0.4, 0.5) is 0 Å². The largest absolute Gasteiger partial charge is 0.301 e. The van der Waals surface area contributed by atoms with Crippen LogP contribution < -0.4 is 0 Å². The molecule has 82 valence electrons. The van der Waals surface area contributed by atoms with Crippen molar-refractivity contribution in [2.45, 2.75) is 25.8 Å². The first-order chi connectivity index (χ1) is 7.75. The van der Waals surface area contributed by atoms with Crippen molar-refractivity contribution in [2.24, 2.45) is 0 Å². The van der Waals surface area contributed by atoms with Crippen molar-refractivity contribution in [2.75, 3.05) is 0 Å². The Morgan fingerprint density at radius 2 is 2.19 bits per heavy atom. The van der Waals surface area contributed by atoms with Gasteiger partial charge in [-0.25, -0.2) is 0 Å². The molecule has 1 atom stereocenters. The van der Waals surface area contributed by atoms with Crippen LogP contribution in [0.1, 0.15) is 22.9 Å². The lowest BCUT2D eigenvalue weighted by molar-refractivity contribution is 0.501. The lowest BCUT2D eigenvalue weighted by Gasteiger charge is -2.30. The third-order valence-corrected chi connectivity index (χ3v) is 3.53. The Labute approximate surface area is 99.1 Å². The van der Waals surface area contributed by atoms with Crippen LogP contribution in [0.2, 0.25) is 5.28 Å². The number of fused-ring (bicyclic) bond motifs is 1. The highest BCUT2D eigenvalue weighted by molar-refractivity contribution is 6.28. The molecule has 4 heteroatoms. The minimum Gasteiger partial charge on any atom is -0.301 e. The molecule has 0 amide bonds. The zero-order valence-corrected chi connectivity index (χ0v) is 9.78. The van der Waals surface area contributed by atoms with Crippen LogP contribution in [0.5, 0.6) is 0 Å². The Morgan fingerprint density at radius 3 is 2.88 bits per heavy atom. The molecular formula is C12H12ClN3. The van der Waals surface area contributed by atoms with Crippen molar-refractivity contribution in [3.63, 3.8) is 0 Å². The first-order valence-electron chi connectivity index (χ1n) is 5.39. The van der Waals surface area contributed by atoms with E-state index in [1.807, 2.05) is 11.5 Å². The van der Waals surface area contributed by atoms with E-state index in [9.17, 15) is 0 Å². The second-order valence-electron chi connectivity index (χ2n) is 4.23. The molecule has 0 spiro atoms. The minimum absolute atomic E-state index is 0.488. The molecule has 1 aliphatic carbocycles. The van der Waals surface area contributed by atoms with Crippen molar-refractivity contribution in [1.29, 1.82) is 0 Å². The van der Waals surface area contributed by atoms with Crippen LogP contribution in [0, 0.1) is 6.92 Å². The van der Waals surface area contributed by atoms with E-state index in [1.54, 1.807) is 0 Å². The molecule has 0 aliphatic heterocycles. The summed E-state index contributed by atoms with van der Waals surface area (Å²) in [6.45, 7) is 2.82. The van der Waals surface area contributed by atoms with Gasteiger partial charge in [-0.1, -0.05) is 24.3 Å². The van der Waals surface area contributed by atoms with Crippen LogP contribution in [-0.2, 0) is 13.0 Å².